The maximum atomic E-state index is 10.3. The van der Waals surface area contributed by atoms with Crippen LogP contribution in [0.25, 0.3) is 0 Å². The summed E-state index contributed by atoms with van der Waals surface area (Å²) >= 11 is -2.45. The second-order valence-electron chi connectivity index (χ2n) is 1.97. The molecular weight excluding hydrogens is 184 g/mol. The van der Waals surface area contributed by atoms with Crippen molar-refractivity contribution in [3.63, 3.8) is 0 Å². The monoisotopic (exact) mass is 189 g/mol. The van der Waals surface area contributed by atoms with Crippen LogP contribution in [0.5, 0.6) is 0 Å². The van der Waals surface area contributed by atoms with Crippen molar-refractivity contribution in [3.8, 4) is 0 Å². The van der Waals surface area contributed by atoms with E-state index in [1.165, 1.54) is 18.2 Å². The third-order valence-corrected chi connectivity index (χ3v) is 1.79. The highest BCUT2D eigenvalue weighted by Crippen LogP contribution is 2.12. The van der Waals surface area contributed by atoms with E-state index in [1.807, 2.05) is 0 Å². The molecule has 0 aromatic carbocycles. The average molecular weight is 189 g/mol. The molecule has 1 heterocycles. The first-order valence-corrected chi connectivity index (χ1v) is 4.11. The predicted molar refractivity (Wildman–Crippen MR) is 38.7 cm³/mol. The first-order chi connectivity index (χ1) is 5.61. The van der Waals surface area contributed by atoms with E-state index in [-0.39, 0.29) is 5.76 Å². The van der Waals surface area contributed by atoms with Gasteiger partial charge in [0, 0.05) is 0 Å². The average Bonchev–Trinajstić information content (AvgIpc) is 2.04. The predicted octanol–water partition coefficient (Wildman–Crippen LogP) is -0.253. The molecule has 0 saturated heterocycles. The highest BCUT2D eigenvalue weighted by Gasteiger charge is 2.17. The molecule has 1 N–H and O–H groups in total. The summed E-state index contributed by atoms with van der Waals surface area (Å²) in [5, 5.41) is 8.41. The Bertz CT molecular complexity index is 280. The number of rotatable bonds is 2. The van der Waals surface area contributed by atoms with Crippen molar-refractivity contribution in [1.82, 2.24) is 0 Å². The summed E-state index contributed by atoms with van der Waals surface area (Å²) in [7, 11) is 0. The highest BCUT2D eigenvalue weighted by atomic mass is 32.2. The van der Waals surface area contributed by atoms with E-state index < -0.39 is 22.5 Å². The quantitative estimate of drug-likeness (QED) is 0.605. The number of carbonyl (C=O) groups is 1. The van der Waals surface area contributed by atoms with Crippen LogP contribution in [0.3, 0.4) is 0 Å². The molecule has 66 valence electrons. The zero-order chi connectivity index (χ0) is 9.14. The summed E-state index contributed by atoms with van der Waals surface area (Å²) < 4.78 is 25.2. The molecule has 0 bridgehead atoms. The van der Waals surface area contributed by atoms with Gasteiger partial charge in [-0.25, -0.2) is 4.79 Å². The van der Waals surface area contributed by atoms with Crippen LogP contribution in [0, 0.1) is 0 Å². The molecule has 1 rings (SSSR count). The largest absolute Gasteiger partial charge is 0.769 e. The number of hydrogen-bond acceptors (Lipinski definition) is 4. The Kier molecular flexibility index (Phi) is 2.61. The van der Waals surface area contributed by atoms with E-state index in [0.29, 0.717) is 0 Å². The fraction of sp³-hybridized carbons (Fsp3) is 0.167. The van der Waals surface area contributed by atoms with Crippen molar-refractivity contribution in [2.75, 3.05) is 0 Å². The molecule has 6 heteroatoms. The van der Waals surface area contributed by atoms with Crippen molar-refractivity contribution in [3.05, 3.63) is 24.0 Å². The summed E-state index contributed by atoms with van der Waals surface area (Å²) in [6.45, 7) is 0. The van der Waals surface area contributed by atoms with Gasteiger partial charge in [0.15, 0.2) is 5.44 Å². The smallest absolute Gasteiger partial charge is 0.371 e. The van der Waals surface area contributed by atoms with Crippen molar-refractivity contribution < 1.29 is 23.4 Å². The summed E-state index contributed by atoms with van der Waals surface area (Å²) in [4.78, 5) is 10.3. The van der Waals surface area contributed by atoms with Gasteiger partial charge in [-0.2, -0.15) is 0 Å². The Morgan fingerprint density at radius 3 is 2.92 bits per heavy atom. The molecule has 2 atom stereocenters. The van der Waals surface area contributed by atoms with Crippen molar-refractivity contribution in [1.29, 1.82) is 0 Å². The minimum absolute atomic E-state index is 0.369. The van der Waals surface area contributed by atoms with Gasteiger partial charge in [0.05, 0.1) is 0 Å². The van der Waals surface area contributed by atoms with E-state index in [9.17, 15) is 13.6 Å². The molecule has 12 heavy (non-hydrogen) atoms. The maximum absolute atomic E-state index is 10.3. The number of carboxylic acids is 1. The number of aliphatic carboxylic acids is 1. The van der Waals surface area contributed by atoms with E-state index >= 15 is 0 Å². The standard InChI is InChI=1S/C6H6O5S/c7-6(8)4-2-1-3-5(11-4)12(9)10/h1-3,5H,(H,7,8)(H,9,10)/p-1. The summed E-state index contributed by atoms with van der Waals surface area (Å²) in [6.07, 6.45) is 3.76. The molecule has 0 spiro atoms. The minimum atomic E-state index is -2.45. The first-order valence-electron chi connectivity index (χ1n) is 2.98. The summed E-state index contributed by atoms with van der Waals surface area (Å²) in [5.74, 6) is -1.65. The molecule has 0 saturated carbocycles. The van der Waals surface area contributed by atoms with Crippen LogP contribution in [0.1, 0.15) is 0 Å². The molecular formula is C6H5O5S-. The third-order valence-electron chi connectivity index (χ3n) is 1.16. The fourth-order valence-electron chi connectivity index (χ4n) is 0.663. The molecule has 2 unspecified atom stereocenters. The van der Waals surface area contributed by atoms with Gasteiger partial charge in [-0.05, 0) is 23.2 Å². The second-order valence-corrected chi connectivity index (χ2v) is 2.95. The van der Waals surface area contributed by atoms with Crippen molar-refractivity contribution >= 4 is 17.0 Å². The molecule has 1 aliphatic heterocycles. The van der Waals surface area contributed by atoms with Crippen LogP contribution in [0.15, 0.2) is 24.0 Å². The lowest BCUT2D eigenvalue weighted by molar-refractivity contribution is -0.136. The zero-order valence-electron chi connectivity index (χ0n) is 5.80. The van der Waals surface area contributed by atoms with Crippen LogP contribution in [-0.4, -0.2) is 25.3 Å². The molecule has 5 nitrogen and oxygen atoms in total. The molecule has 0 aromatic heterocycles. The highest BCUT2D eigenvalue weighted by molar-refractivity contribution is 7.79. The summed E-state index contributed by atoms with van der Waals surface area (Å²) in [6, 6.07) is 0. The van der Waals surface area contributed by atoms with Gasteiger partial charge >= 0.3 is 5.97 Å². The van der Waals surface area contributed by atoms with E-state index in [4.69, 9.17) is 5.11 Å². The van der Waals surface area contributed by atoms with Crippen LogP contribution in [-0.2, 0) is 20.6 Å². The van der Waals surface area contributed by atoms with Crippen molar-refractivity contribution in [2.24, 2.45) is 0 Å². The minimum Gasteiger partial charge on any atom is -0.769 e. The molecule has 0 amide bonds. The normalized spacial score (nSPS) is 24.1. The lowest BCUT2D eigenvalue weighted by atomic mass is 10.3. The Balaban J connectivity index is 2.74. The van der Waals surface area contributed by atoms with Gasteiger partial charge in [-0.1, -0.05) is 6.08 Å². The van der Waals surface area contributed by atoms with Gasteiger partial charge in [-0.3, -0.25) is 4.21 Å². The SMILES string of the molecule is O=C(O)C1=CC=CC(S(=O)[O-])O1. The van der Waals surface area contributed by atoms with Gasteiger partial charge in [0.1, 0.15) is 0 Å². The maximum Gasteiger partial charge on any atom is 0.371 e. The molecule has 0 aromatic rings. The number of carboxylic acid groups (broad SMARTS) is 1. The molecule has 0 fully saturated rings. The Morgan fingerprint density at radius 1 is 1.75 bits per heavy atom. The van der Waals surface area contributed by atoms with Crippen LogP contribution >= 0.6 is 0 Å². The number of hydrogen-bond donors (Lipinski definition) is 1. The molecule has 0 radical (unpaired) electrons. The van der Waals surface area contributed by atoms with Gasteiger partial charge in [0.2, 0.25) is 5.76 Å². The number of allylic oxidation sites excluding steroid dienone is 2. The first kappa shape index (κ1) is 8.95. The topological polar surface area (TPSA) is 86.7 Å². The fourth-order valence-corrected chi connectivity index (χ4v) is 1.06. The van der Waals surface area contributed by atoms with Crippen LogP contribution in [0.2, 0.25) is 0 Å². The van der Waals surface area contributed by atoms with E-state index in [2.05, 4.69) is 4.74 Å². The lowest BCUT2D eigenvalue weighted by Crippen LogP contribution is -2.21. The lowest BCUT2D eigenvalue weighted by Gasteiger charge is -2.20. The van der Waals surface area contributed by atoms with Crippen LogP contribution < -0.4 is 0 Å². The van der Waals surface area contributed by atoms with Gasteiger partial charge in [0.25, 0.3) is 0 Å². The molecule has 1 aliphatic rings. The Labute approximate surface area is 70.6 Å². The second kappa shape index (κ2) is 3.51. The zero-order valence-corrected chi connectivity index (χ0v) is 6.61. The van der Waals surface area contributed by atoms with Crippen LogP contribution in [0.4, 0.5) is 0 Å². The third kappa shape index (κ3) is 1.93. The molecule has 0 aliphatic carbocycles. The van der Waals surface area contributed by atoms with Gasteiger partial charge in [-0.15, -0.1) is 0 Å². The summed E-state index contributed by atoms with van der Waals surface area (Å²) in [5.41, 5.74) is -1.19. The number of ether oxygens (including phenoxy) is 1. The van der Waals surface area contributed by atoms with E-state index in [1.54, 1.807) is 0 Å². The Morgan fingerprint density at radius 2 is 2.42 bits per heavy atom. The van der Waals surface area contributed by atoms with E-state index in [0.717, 1.165) is 0 Å². The van der Waals surface area contributed by atoms with Crippen molar-refractivity contribution in [2.45, 2.75) is 5.44 Å². The Hall–Kier alpha value is -1.14. The van der Waals surface area contributed by atoms with Gasteiger partial charge < -0.3 is 14.4 Å².